The van der Waals surface area contributed by atoms with Gasteiger partial charge in [0.2, 0.25) is 0 Å². The molecule has 0 aromatic carbocycles. The van der Waals surface area contributed by atoms with Gasteiger partial charge in [-0.2, -0.15) is 0 Å². The molecule has 3 N–H and O–H groups in total. The largest absolute Gasteiger partial charge is 0.472 e. The standard InChI is InChI=1S/C85H140O17P2/c1-5-9-13-17-21-25-29-33-37-39-43-45-49-53-57-61-65-69-82(87)95-75-80(101-84(89)71-67-63-59-55-51-47-41-35-31-27-23-19-15-11-7-3)77-99-103(91,92)97-73-79(86)74-98-104(93,94)100-78-81(102-85(90)72-68-64-60-56-52-48-42-36-32-28-24-20-16-12-8-4)76-96-83(88)70-66-62-58-54-50-46-44-40-38-34-30-26-22-18-14-10-6-2/h9-11,13-15,21-23,25-27,33-38,41-46,54,58,79-81,86H,5-8,12,16-20,24,28-32,39-40,47-53,55-57,59-78H2,1-4H3,(H,91,92)(H,93,94)/b13-9-,14-10-,15-11-,25-21-,26-22-,27-23-,37-33-,38-34-,41-35-,42-36-,45-43-,46-44-,58-54-. The van der Waals surface area contributed by atoms with Crippen molar-refractivity contribution in [3.05, 3.63) is 158 Å². The Hall–Kier alpha value is -5.32. The number of phosphoric acid groups is 2. The minimum Gasteiger partial charge on any atom is -0.462 e. The molecule has 5 atom stereocenters. The molecule has 0 amide bonds. The van der Waals surface area contributed by atoms with Crippen molar-refractivity contribution in [3.63, 3.8) is 0 Å². The summed E-state index contributed by atoms with van der Waals surface area (Å²) in [6, 6.07) is 0. The van der Waals surface area contributed by atoms with Crippen molar-refractivity contribution < 1.29 is 80.2 Å². The summed E-state index contributed by atoms with van der Waals surface area (Å²) in [5.41, 5.74) is 0. The third-order valence-electron chi connectivity index (χ3n) is 16.0. The average Bonchev–Trinajstić information content (AvgIpc) is 0.937. The molecule has 0 aromatic heterocycles. The Morgan fingerprint density at radius 3 is 0.817 bits per heavy atom. The summed E-state index contributed by atoms with van der Waals surface area (Å²) in [5.74, 6) is -2.30. The highest BCUT2D eigenvalue weighted by atomic mass is 31.2. The maximum Gasteiger partial charge on any atom is 0.472 e. The molecule has 0 fully saturated rings. The van der Waals surface area contributed by atoms with E-state index in [0.717, 1.165) is 173 Å². The molecule has 0 bridgehead atoms. The van der Waals surface area contributed by atoms with Gasteiger partial charge in [-0.3, -0.25) is 37.3 Å². The summed E-state index contributed by atoms with van der Waals surface area (Å²) in [6.45, 7) is 4.40. The Kier molecular flexibility index (Phi) is 72.0. The van der Waals surface area contributed by atoms with Gasteiger partial charge < -0.3 is 33.8 Å². The summed E-state index contributed by atoms with van der Waals surface area (Å²) in [6.07, 6.45) is 88.0. The number of esters is 4. The Balaban J connectivity index is 5.46. The zero-order valence-electron chi connectivity index (χ0n) is 64.6. The number of phosphoric ester groups is 2. The van der Waals surface area contributed by atoms with Crippen molar-refractivity contribution in [1.82, 2.24) is 0 Å². The van der Waals surface area contributed by atoms with Crippen LogP contribution < -0.4 is 0 Å². The molecule has 0 rings (SSSR count). The number of carbonyl (C=O) groups is 4. The molecule has 0 aliphatic heterocycles. The van der Waals surface area contributed by atoms with Crippen LogP contribution in [-0.2, 0) is 65.4 Å². The molecule has 5 unspecified atom stereocenters. The van der Waals surface area contributed by atoms with Gasteiger partial charge in [-0.25, -0.2) is 9.13 Å². The van der Waals surface area contributed by atoms with Crippen LogP contribution in [0.25, 0.3) is 0 Å². The minimum absolute atomic E-state index is 0.0633. The molecule has 0 aliphatic carbocycles. The summed E-state index contributed by atoms with van der Waals surface area (Å²) in [5, 5.41) is 10.6. The summed E-state index contributed by atoms with van der Waals surface area (Å²) < 4.78 is 68.5. The smallest absolute Gasteiger partial charge is 0.462 e. The van der Waals surface area contributed by atoms with Crippen LogP contribution in [-0.4, -0.2) is 96.7 Å². The number of aliphatic hydroxyl groups excluding tert-OH is 1. The van der Waals surface area contributed by atoms with Crippen LogP contribution >= 0.6 is 15.6 Å². The molecule has 0 aromatic rings. The van der Waals surface area contributed by atoms with Crippen molar-refractivity contribution >= 4 is 39.5 Å². The van der Waals surface area contributed by atoms with Crippen molar-refractivity contribution in [1.29, 1.82) is 0 Å². The lowest BCUT2D eigenvalue weighted by Crippen LogP contribution is -2.30. The second-order valence-corrected chi connectivity index (χ2v) is 28.8. The number of ether oxygens (including phenoxy) is 4. The van der Waals surface area contributed by atoms with Gasteiger partial charge in [-0.15, -0.1) is 0 Å². The maximum absolute atomic E-state index is 13.1. The molecular formula is C85H140O17P2. The number of hydrogen-bond donors (Lipinski definition) is 3. The van der Waals surface area contributed by atoms with Crippen LogP contribution in [0.2, 0.25) is 0 Å². The van der Waals surface area contributed by atoms with E-state index in [1.165, 1.54) is 38.5 Å². The molecule has 104 heavy (non-hydrogen) atoms. The van der Waals surface area contributed by atoms with Gasteiger partial charge in [-0.1, -0.05) is 269 Å². The fourth-order valence-corrected chi connectivity index (χ4v) is 11.6. The predicted molar refractivity (Wildman–Crippen MR) is 427 cm³/mol. The molecule has 17 nitrogen and oxygen atoms in total. The van der Waals surface area contributed by atoms with Gasteiger partial charge in [0.15, 0.2) is 12.2 Å². The first kappa shape index (κ1) is 98.7. The lowest BCUT2D eigenvalue weighted by Gasteiger charge is -2.21. The number of aliphatic hydroxyl groups is 1. The summed E-state index contributed by atoms with van der Waals surface area (Å²) in [4.78, 5) is 73.0. The Labute approximate surface area is 629 Å². The number of allylic oxidation sites excluding steroid dienone is 26. The first-order valence-corrected chi connectivity index (χ1v) is 42.7. The summed E-state index contributed by atoms with van der Waals surface area (Å²) >= 11 is 0. The highest BCUT2D eigenvalue weighted by Crippen LogP contribution is 2.45. The molecule has 0 radical (unpaired) electrons. The van der Waals surface area contributed by atoms with E-state index in [4.69, 9.17) is 37.0 Å². The first-order chi connectivity index (χ1) is 50.7. The predicted octanol–water partition coefficient (Wildman–Crippen LogP) is 23.2. The van der Waals surface area contributed by atoms with E-state index < -0.39 is 97.5 Å². The molecule has 0 spiro atoms. The second kappa shape index (κ2) is 75.9. The third kappa shape index (κ3) is 74.9. The van der Waals surface area contributed by atoms with E-state index in [-0.39, 0.29) is 25.7 Å². The monoisotopic (exact) mass is 1490 g/mol. The van der Waals surface area contributed by atoms with Gasteiger partial charge in [-0.05, 0) is 161 Å². The van der Waals surface area contributed by atoms with Gasteiger partial charge >= 0.3 is 39.5 Å². The highest BCUT2D eigenvalue weighted by Gasteiger charge is 2.30. The van der Waals surface area contributed by atoms with Crippen molar-refractivity contribution in [2.24, 2.45) is 0 Å². The first-order valence-electron chi connectivity index (χ1n) is 39.7. The Bertz CT molecular complexity index is 2590. The van der Waals surface area contributed by atoms with Gasteiger partial charge in [0.05, 0.1) is 26.4 Å². The van der Waals surface area contributed by atoms with Crippen LogP contribution in [0.3, 0.4) is 0 Å². The van der Waals surface area contributed by atoms with E-state index in [1.54, 1.807) is 0 Å². The minimum atomic E-state index is -5.00. The molecule has 592 valence electrons. The fraction of sp³-hybridized carbons (Fsp3) is 0.647. The molecule has 0 saturated carbocycles. The zero-order chi connectivity index (χ0) is 76.0. The summed E-state index contributed by atoms with van der Waals surface area (Å²) in [7, 11) is -10.00. The molecular weight excluding hydrogens is 1350 g/mol. The average molecular weight is 1500 g/mol. The second-order valence-electron chi connectivity index (χ2n) is 25.9. The highest BCUT2D eigenvalue weighted by molar-refractivity contribution is 7.47. The Morgan fingerprint density at radius 1 is 0.279 bits per heavy atom. The SMILES string of the molecule is CC/C=C\C/C=C\C/C=C\C/C=C\C/C=C\CCCC(=O)OCC(COP(=O)(O)OCC(O)COP(=O)(O)OCC(COC(=O)CCCCCC/C=C\C/C=C\C/C=C\C/C=C\CC)OC(=O)CCCCCCC/C=C\C/C=C\C/C=C\CC)OC(=O)CCCCCCC/C=C\CCCCCCCC. The van der Waals surface area contributed by atoms with Crippen LogP contribution in [0.5, 0.6) is 0 Å². The van der Waals surface area contributed by atoms with Crippen LogP contribution in [0, 0.1) is 0 Å². The molecule has 0 saturated heterocycles. The van der Waals surface area contributed by atoms with Crippen molar-refractivity contribution in [3.8, 4) is 0 Å². The van der Waals surface area contributed by atoms with Crippen LogP contribution in [0.15, 0.2) is 158 Å². The van der Waals surface area contributed by atoms with E-state index in [2.05, 4.69) is 174 Å². The van der Waals surface area contributed by atoms with E-state index in [9.17, 15) is 43.2 Å². The van der Waals surface area contributed by atoms with Crippen molar-refractivity contribution in [2.75, 3.05) is 39.6 Å². The molecule has 19 heteroatoms. The normalized spacial score (nSPS) is 14.7. The number of unbranched alkanes of at least 4 members (excludes halogenated alkanes) is 21. The van der Waals surface area contributed by atoms with E-state index in [1.807, 2.05) is 12.2 Å². The number of rotatable bonds is 73. The molecule has 0 aliphatic rings. The Morgan fingerprint density at radius 2 is 0.510 bits per heavy atom. The topological polar surface area (TPSA) is 237 Å². The number of hydrogen-bond acceptors (Lipinski definition) is 15. The third-order valence-corrected chi connectivity index (χ3v) is 17.9. The quantitative estimate of drug-likeness (QED) is 0.0169. The lowest BCUT2D eigenvalue weighted by atomic mass is 10.1. The van der Waals surface area contributed by atoms with Gasteiger partial charge in [0, 0.05) is 25.7 Å². The van der Waals surface area contributed by atoms with E-state index in [0.29, 0.717) is 32.1 Å². The van der Waals surface area contributed by atoms with Crippen molar-refractivity contribution in [2.45, 2.75) is 316 Å². The molecule has 0 heterocycles. The maximum atomic E-state index is 13.1. The van der Waals surface area contributed by atoms with Crippen LogP contribution in [0.4, 0.5) is 0 Å². The number of carbonyl (C=O) groups excluding carboxylic acids is 4. The van der Waals surface area contributed by atoms with E-state index >= 15 is 0 Å². The lowest BCUT2D eigenvalue weighted by molar-refractivity contribution is -0.161. The van der Waals surface area contributed by atoms with Crippen LogP contribution in [0.1, 0.15) is 297 Å². The fourth-order valence-electron chi connectivity index (χ4n) is 10.0. The zero-order valence-corrected chi connectivity index (χ0v) is 66.4. The van der Waals surface area contributed by atoms with Gasteiger partial charge in [0.25, 0.3) is 0 Å². The van der Waals surface area contributed by atoms with Gasteiger partial charge in [0.1, 0.15) is 19.3 Å².